The molecular formula is C22H38N4O3S. The molecule has 0 spiro atoms. The second-order valence-corrected chi connectivity index (χ2v) is 11.6. The summed E-state index contributed by atoms with van der Waals surface area (Å²) in [5.74, 6) is 0.802. The van der Waals surface area contributed by atoms with Crippen molar-refractivity contribution >= 4 is 15.8 Å². The van der Waals surface area contributed by atoms with Crippen LogP contribution >= 0.6 is 0 Å². The van der Waals surface area contributed by atoms with Gasteiger partial charge in [0.1, 0.15) is 10.7 Å². The van der Waals surface area contributed by atoms with E-state index in [-0.39, 0.29) is 10.9 Å². The largest absolute Gasteiger partial charge is 0.378 e. The Bertz CT molecular complexity index is 763. The zero-order chi connectivity index (χ0) is 21.8. The van der Waals surface area contributed by atoms with Gasteiger partial charge in [0.25, 0.3) is 0 Å². The van der Waals surface area contributed by atoms with Crippen LogP contribution in [0.3, 0.4) is 0 Å². The van der Waals surface area contributed by atoms with Gasteiger partial charge in [-0.2, -0.15) is 0 Å². The third-order valence-electron chi connectivity index (χ3n) is 6.22. The standard InChI is InChI=1S/C22H38N4O3S/c1-22(2,3)11-12-25(4)19-7-5-18(6-8-19)24-30(27,28)20-9-10-21(23-17-20)26-13-15-29-16-14-26/h9-10,17-19,24H,5-8,11-16H2,1-4H3. The lowest BCUT2D eigenvalue weighted by Gasteiger charge is -2.36. The molecule has 0 amide bonds. The Hall–Kier alpha value is -1.22. The second kappa shape index (κ2) is 9.94. The van der Waals surface area contributed by atoms with Crippen LogP contribution in [0.25, 0.3) is 0 Å². The van der Waals surface area contributed by atoms with E-state index in [1.165, 1.54) is 12.6 Å². The van der Waals surface area contributed by atoms with Gasteiger partial charge in [0.15, 0.2) is 0 Å². The van der Waals surface area contributed by atoms with Gasteiger partial charge in [-0.3, -0.25) is 0 Å². The molecule has 1 aromatic rings. The average Bonchev–Trinajstić information content (AvgIpc) is 2.72. The van der Waals surface area contributed by atoms with E-state index in [2.05, 4.69) is 47.3 Å². The Morgan fingerprint density at radius 2 is 1.83 bits per heavy atom. The molecule has 1 aliphatic heterocycles. The third-order valence-corrected chi connectivity index (χ3v) is 7.73. The number of aromatic nitrogens is 1. The molecule has 2 fully saturated rings. The van der Waals surface area contributed by atoms with Crippen molar-refractivity contribution in [3.8, 4) is 0 Å². The maximum absolute atomic E-state index is 12.8. The van der Waals surface area contributed by atoms with Gasteiger partial charge in [-0.05, 0) is 63.2 Å². The Morgan fingerprint density at radius 1 is 1.17 bits per heavy atom. The Kier molecular flexibility index (Phi) is 7.76. The van der Waals surface area contributed by atoms with Crippen LogP contribution < -0.4 is 9.62 Å². The molecule has 7 nitrogen and oxygen atoms in total. The molecule has 0 aromatic carbocycles. The zero-order valence-electron chi connectivity index (χ0n) is 18.9. The van der Waals surface area contributed by atoms with Crippen LogP contribution in [-0.4, -0.2) is 70.3 Å². The van der Waals surface area contributed by atoms with Crippen molar-refractivity contribution in [2.45, 2.75) is 69.9 Å². The van der Waals surface area contributed by atoms with Crippen LogP contribution in [0, 0.1) is 5.41 Å². The third kappa shape index (κ3) is 6.64. The molecule has 2 heterocycles. The highest BCUT2D eigenvalue weighted by atomic mass is 32.2. The van der Waals surface area contributed by atoms with E-state index in [1.807, 2.05) is 0 Å². The maximum atomic E-state index is 12.8. The van der Waals surface area contributed by atoms with Crippen molar-refractivity contribution < 1.29 is 13.2 Å². The Balaban J connectivity index is 1.50. The number of morpholine rings is 1. The topological polar surface area (TPSA) is 74.8 Å². The molecule has 3 rings (SSSR count). The summed E-state index contributed by atoms with van der Waals surface area (Å²) in [5, 5.41) is 0. The molecule has 1 saturated carbocycles. The summed E-state index contributed by atoms with van der Waals surface area (Å²) < 4.78 is 33.9. The summed E-state index contributed by atoms with van der Waals surface area (Å²) >= 11 is 0. The van der Waals surface area contributed by atoms with Gasteiger partial charge >= 0.3 is 0 Å². The summed E-state index contributed by atoms with van der Waals surface area (Å²) in [7, 11) is -1.35. The predicted molar refractivity (Wildman–Crippen MR) is 120 cm³/mol. The molecule has 1 aliphatic carbocycles. The predicted octanol–water partition coefficient (Wildman–Crippen LogP) is 2.88. The second-order valence-electron chi connectivity index (χ2n) is 9.87. The van der Waals surface area contributed by atoms with E-state index in [0.29, 0.717) is 24.7 Å². The van der Waals surface area contributed by atoms with Crippen molar-refractivity contribution in [3.63, 3.8) is 0 Å². The first-order valence-electron chi connectivity index (χ1n) is 11.2. The van der Waals surface area contributed by atoms with Crippen LogP contribution in [0.2, 0.25) is 0 Å². The van der Waals surface area contributed by atoms with Crippen molar-refractivity contribution in [2.75, 3.05) is 44.8 Å². The summed E-state index contributed by atoms with van der Waals surface area (Å²) in [5.41, 5.74) is 0.340. The highest BCUT2D eigenvalue weighted by Gasteiger charge is 2.28. The lowest BCUT2D eigenvalue weighted by Crippen LogP contribution is -2.43. The fourth-order valence-corrected chi connectivity index (χ4v) is 5.38. The molecule has 1 N–H and O–H groups in total. The van der Waals surface area contributed by atoms with Gasteiger partial charge in [-0.15, -0.1) is 0 Å². The highest BCUT2D eigenvalue weighted by Crippen LogP contribution is 2.26. The van der Waals surface area contributed by atoms with Crippen LogP contribution in [0.15, 0.2) is 23.2 Å². The first-order chi connectivity index (χ1) is 14.1. The molecule has 30 heavy (non-hydrogen) atoms. The lowest BCUT2D eigenvalue weighted by atomic mass is 9.89. The van der Waals surface area contributed by atoms with Crippen LogP contribution in [-0.2, 0) is 14.8 Å². The normalized spacial score (nSPS) is 23.7. The molecular weight excluding hydrogens is 400 g/mol. The monoisotopic (exact) mass is 438 g/mol. The molecule has 1 saturated heterocycles. The van der Waals surface area contributed by atoms with Gasteiger partial charge in [-0.25, -0.2) is 18.1 Å². The van der Waals surface area contributed by atoms with Gasteiger partial charge in [-0.1, -0.05) is 20.8 Å². The van der Waals surface area contributed by atoms with Crippen molar-refractivity contribution in [1.82, 2.24) is 14.6 Å². The Morgan fingerprint density at radius 3 is 2.40 bits per heavy atom. The quantitative estimate of drug-likeness (QED) is 0.706. The number of hydrogen-bond donors (Lipinski definition) is 1. The lowest BCUT2D eigenvalue weighted by molar-refractivity contribution is 0.122. The van der Waals surface area contributed by atoms with Crippen molar-refractivity contribution in [3.05, 3.63) is 18.3 Å². The minimum atomic E-state index is -3.54. The molecule has 170 valence electrons. The number of rotatable bonds is 7. The summed E-state index contributed by atoms with van der Waals surface area (Å²) in [6.45, 7) is 10.8. The number of hydrogen-bond acceptors (Lipinski definition) is 6. The summed E-state index contributed by atoms with van der Waals surface area (Å²) in [6.07, 6.45) is 6.46. The average molecular weight is 439 g/mol. The van der Waals surface area contributed by atoms with E-state index in [1.54, 1.807) is 12.1 Å². The molecule has 2 aliphatic rings. The first kappa shape index (κ1) is 23.4. The zero-order valence-corrected chi connectivity index (χ0v) is 19.7. The smallest absolute Gasteiger partial charge is 0.242 e. The van der Waals surface area contributed by atoms with Gasteiger partial charge in [0.2, 0.25) is 10.0 Å². The number of sulfonamides is 1. The van der Waals surface area contributed by atoms with Gasteiger partial charge in [0, 0.05) is 31.4 Å². The molecule has 1 aromatic heterocycles. The minimum Gasteiger partial charge on any atom is -0.378 e. The van der Waals surface area contributed by atoms with Crippen LogP contribution in [0.5, 0.6) is 0 Å². The summed E-state index contributed by atoms with van der Waals surface area (Å²) in [6, 6.07) is 4.00. The minimum absolute atomic E-state index is 0.00110. The van der Waals surface area contributed by atoms with Crippen LogP contribution in [0.1, 0.15) is 52.9 Å². The fourth-order valence-electron chi connectivity index (χ4n) is 4.13. The number of ether oxygens (including phenoxy) is 1. The SMILES string of the molecule is CN(CCC(C)(C)C)C1CCC(NS(=O)(=O)c2ccc(N3CCOCC3)nc2)CC1. The molecule has 8 heteroatoms. The molecule has 0 bridgehead atoms. The van der Waals surface area contributed by atoms with Gasteiger partial charge in [0.05, 0.1) is 13.2 Å². The van der Waals surface area contributed by atoms with Gasteiger partial charge < -0.3 is 14.5 Å². The molecule has 0 radical (unpaired) electrons. The van der Waals surface area contributed by atoms with Crippen LogP contribution in [0.4, 0.5) is 5.82 Å². The van der Waals surface area contributed by atoms with E-state index < -0.39 is 10.0 Å². The van der Waals surface area contributed by atoms with E-state index in [0.717, 1.165) is 51.1 Å². The fraction of sp³-hybridized carbons (Fsp3) is 0.773. The molecule has 0 unspecified atom stereocenters. The van der Waals surface area contributed by atoms with Crippen molar-refractivity contribution in [1.29, 1.82) is 0 Å². The maximum Gasteiger partial charge on any atom is 0.242 e. The highest BCUT2D eigenvalue weighted by molar-refractivity contribution is 7.89. The Labute approximate surface area is 182 Å². The number of nitrogens with zero attached hydrogens (tertiary/aromatic N) is 3. The first-order valence-corrected chi connectivity index (χ1v) is 12.6. The van der Waals surface area contributed by atoms with E-state index >= 15 is 0 Å². The van der Waals surface area contributed by atoms with E-state index in [4.69, 9.17) is 4.74 Å². The number of pyridine rings is 1. The summed E-state index contributed by atoms with van der Waals surface area (Å²) in [4.78, 5) is 9.19. The van der Waals surface area contributed by atoms with E-state index in [9.17, 15) is 8.42 Å². The number of nitrogens with one attached hydrogen (secondary N) is 1. The van der Waals surface area contributed by atoms with Crippen molar-refractivity contribution in [2.24, 2.45) is 5.41 Å². The molecule has 0 atom stereocenters. The number of anilines is 1.